The molecule has 0 unspecified atom stereocenters. The van der Waals surface area contributed by atoms with Gasteiger partial charge in [0, 0.05) is 55.9 Å². The van der Waals surface area contributed by atoms with Crippen molar-refractivity contribution in [3.63, 3.8) is 0 Å². The lowest BCUT2D eigenvalue weighted by Gasteiger charge is -2.37. The third kappa shape index (κ3) is 5.93. The number of hydrogen-bond donors (Lipinski definition) is 1. The van der Waals surface area contributed by atoms with Gasteiger partial charge in [-0.1, -0.05) is 29.8 Å². The summed E-state index contributed by atoms with van der Waals surface area (Å²) in [6.07, 6.45) is 1.27. The zero-order valence-electron chi connectivity index (χ0n) is 18.9. The smallest absolute Gasteiger partial charge is 0.256 e. The van der Waals surface area contributed by atoms with E-state index in [1.54, 1.807) is 4.90 Å². The average molecular weight is 487 g/mol. The molecule has 0 saturated carbocycles. The molecule has 2 aromatic carbocycles. The SMILES string of the molecule is O=C(Nc1ccccc1)C1CCN(C(=O)CN2CCN(C(=O)c3cc(Cl)ccc3F)CC2)CC1. The van der Waals surface area contributed by atoms with E-state index in [0.717, 1.165) is 5.69 Å². The molecule has 0 bridgehead atoms. The minimum Gasteiger partial charge on any atom is -0.342 e. The maximum absolute atomic E-state index is 14.0. The number of piperidine rings is 1. The van der Waals surface area contributed by atoms with Gasteiger partial charge in [0.05, 0.1) is 12.1 Å². The van der Waals surface area contributed by atoms with E-state index in [-0.39, 0.29) is 35.7 Å². The first-order chi connectivity index (χ1) is 16.4. The fraction of sp³-hybridized carbons (Fsp3) is 0.400. The van der Waals surface area contributed by atoms with Crippen molar-refractivity contribution in [2.24, 2.45) is 5.92 Å². The van der Waals surface area contributed by atoms with E-state index in [9.17, 15) is 18.8 Å². The van der Waals surface area contributed by atoms with Gasteiger partial charge in [0.15, 0.2) is 0 Å². The second-order valence-electron chi connectivity index (χ2n) is 8.70. The van der Waals surface area contributed by atoms with Crippen molar-refractivity contribution in [1.29, 1.82) is 0 Å². The third-order valence-corrected chi connectivity index (χ3v) is 6.67. The standard InChI is InChI=1S/C25H28ClFN4O3/c26-19-6-7-22(27)21(16-19)25(34)31-14-12-29(13-15-31)17-23(32)30-10-8-18(9-11-30)24(33)28-20-4-2-1-3-5-20/h1-7,16,18H,8-15,17H2,(H,28,33). The lowest BCUT2D eigenvalue weighted by atomic mass is 9.95. The van der Waals surface area contributed by atoms with E-state index < -0.39 is 5.82 Å². The van der Waals surface area contributed by atoms with E-state index in [2.05, 4.69) is 5.32 Å². The Labute approximate surface area is 203 Å². The number of hydrogen-bond acceptors (Lipinski definition) is 4. The van der Waals surface area contributed by atoms with Crippen LogP contribution in [0.4, 0.5) is 10.1 Å². The number of rotatable bonds is 5. The molecule has 2 fully saturated rings. The Kier molecular flexibility index (Phi) is 7.80. The van der Waals surface area contributed by atoms with Gasteiger partial charge < -0.3 is 15.1 Å². The molecule has 2 saturated heterocycles. The van der Waals surface area contributed by atoms with Gasteiger partial charge in [0.1, 0.15) is 5.82 Å². The zero-order valence-corrected chi connectivity index (χ0v) is 19.6. The van der Waals surface area contributed by atoms with Crippen LogP contribution in [0.5, 0.6) is 0 Å². The Balaban J connectivity index is 1.21. The second-order valence-corrected chi connectivity index (χ2v) is 9.14. The van der Waals surface area contributed by atoms with Crippen LogP contribution in [0.1, 0.15) is 23.2 Å². The summed E-state index contributed by atoms with van der Waals surface area (Å²) < 4.78 is 14.0. The predicted molar refractivity (Wildman–Crippen MR) is 128 cm³/mol. The number of piperazine rings is 1. The molecule has 7 nitrogen and oxygen atoms in total. The molecule has 0 radical (unpaired) electrons. The van der Waals surface area contributed by atoms with Crippen LogP contribution in [0.15, 0.2) is 48.5 Å². The highest BCUT2D eigenvalue weighted by atomic mass is 35.5. The van der Waals surface area contributed by atoms with Crippen molar-refractivity contribution in [2.45, 2.75) is 12.8 Å². The fourth-order valence-corrected chi connectivity index (χ4v) is 4.56. The van der Waals surface area contributed by atoms with Crippen molar-refractivity contribution in [1.82, 2.24) is 14.7 Å². The molecule has 2 aliphatic heterocycles. The van der Waals surface area contributed by atoms with Crippen LogP contribution in [-0.2, 0) is 9.59 Å². The van der Waals surface area contributed by atoms with Gasteiger partial charge in [-0.3, -0.25) is 19.3 Å². The van der Waals surface area contributed by atoms with Crippen LogP contribution in [0.25, 0.3) is 0 Å². The first-order valence-corrected chi connectivity index (χ1v) is 11.9. The molecule has 0 spiro atoms. The average Bonchev–Trinajstić information content (AvgIpc) is 2.86. The molecular formula is C25H28ClFN4O3. The van der Waals surface area contributed by atoms with Gasteiger partial charge in [0.25, 0.3) is 5.91 Å². The summed E-state index contributed by atoms with van der Waals surface area (Å²) >= 11 is 5.91. The van der Waals surface area contributed by atoms with Crippen molar-refractivity contribution < 1.29 is 18.8 Å². The first-order valence-electron chi connectivity index (χ1n) is 11.5. The summed E-state index contributed by atoms with van der Waals surface area (Å²) in [5.74, 6) is -1.06. The summed E-state index contributed by atoms with van der Waals surface area (Å²) in [5.41, 5.74) is 0.748. The van der Waals surface area contributed by atoms with E-state index in [4.69, 9.17) is 11.6 Å². The molecule has 0 atom stereocenters. The molecule has 4 rings (SSSR count). The molecule has 34 heavy (non-hydrogen) atoms. The van der Waals surface area contributed by atoms with Crippen molar-refractivity contribution in [3.8, 4) is 0 Å². The van der Waals surface area contributed by atoms with Crippen molar-refractivity contribution >= 4 is 35.0 Å². The van der Waals surface area contributed by atoms with Gasteiger partial charge in [-0.15, -0.1) is 0 Å². The van der Waals surface area contributed by atoms with Crippen molar-refractivity contribution in [3.05, 3.63) is 64.9 Å². The Morgan fingerprint density at radius 2 is 1.59 bits per heavy atom. The Bertz CT molecular complexity index is 1040. The number of carbonyl (C=O) groups is 3. The highest BCUT2D eigenvalue weighted by Gasteiger charge is 2.30. The Morgan fingerprint density at radius 1 is 0.912 bits per heavy atom. The summed E-state index contributed by atoms with van der Waals surface area (Å²) in [6.45, 7) is 3.29. The van der Waals surface area contributed by atoms with Crippen LogP contribution >= 0.6 is 11.6 Å². The highest BCUT2D eigenvalue weighted by molar-refractivity contribution is 6.31. The molecular weight excluding hydrogens is 459 g/mol. The number of para-hydroxylation sites is 1. The minimum atomic E-state index is -0.590. The normalized spacial score (nSPS) is 17.5. The van der Waals surface area contributed by atoms with Crippen LogP contribution < -0.4 is 5.32 Å². The second kappa shape index (κ2) is 11.0. The number of halogens is 2. The topological polar surface area (TPSA) is 73.0 Å². The number of carbonyl (C=O) groups excluding carboxylic acids is 3. The van der Waals surface area contributed by atoms with E-state index in [1.165, 1.54) is 18.2 Å². The highest BCUT2D eigenvalue weighted by Crippen LogP contribution is 2.21. The maximum atomic E-state index is 14.0. The predicted octanol–water partition coefficient (Wildman–Crippen LogP) is 3.11. The van der Waals surface area contributed by atoms with Crippen molar-refractivity contribution in [2.75, 3.05) is 51.1 Å². The number of benzene rings is 2. The summed E-state index contributed by atoms with van der Waals surface area (Å²) in [7, 11) is 0. The Hall–Kier alpha value is -2.97. The molecule has 2 aliphatic rings. The number of likely N-dealkylation sites (tertiary alicyclic amines) is 1. The largest absolute Gasteiger partial charge is 0.342 e. The number of nitrogens with zero attached hydrogens (tertiary/aromatic N) is 3. The summed E-state index contributed by atoms with van der Waals surface area (Å²) in [5, 5.41) is 3.25. The summed E-state index contributed by atoms with van der Waals surface area (Å²) in [6, 6.07) is 13.3. The van der Waals surface area contributed by atoms with Gasteiger partial charge in [-0.2, -0.15) is 0 Å². The fourth-order valence-electron chi connectivity index (χ4n) is 4.39. The quantitative estimate of drug-likeness (QED) is 0.705. The van der Waals surface area contributed by atoms with Crippen LogP contribution in [0, 0.1) is 11.7 Å². The monoisotopic (exact) mass is 486 g/mol. The minimum absolute atomic E-state index is 0.00442. The molecule has 1 N–H and O–H groups in total. The molecule has 2 aromatic rings. The van der Waals surface area contributed by atoms with Gasteiger partial charge >= 0.3 is 0 Å². The van der Waals surface area contributed by atoms with E-state index >= 15 is 0 Å². The zero-order chi connectivity index (χ0) is 24.1. The van der Waals surface area contributed by atoms with Gasteiger partial charge in [-0.05, 0) is 43.2 Å². The molecule has 3 amide bonds. The molecule has 9 heteroatoms. The van der Waals surface area contributed by atoms with E-state index in [1.807, 2.05) is 40.1 Å². The lowest BCUT2D eigenvalue weighted by Crippen LogP contribution is -2.52. The number of amides is 3. The van der Waals surface area contributed by atoms with Crippen LogP contribution in [0.3, 0.4) is 0 Å². The van der Waals surface area contributed by atoms with Crippen LogP contribution in [0.2, 0.25) is 5.02 Å². The molecule has 180 valence electrons. The third-order valence-electron chi connectivity index (χ3n) is 6.44. The Morgan fingerprint density at radius 3 is 2.26 bits per heavy atom. The molecule has 2 heterocycles. The van der Waals surface area contributed by atoms with Gasteiger partial charge in [-0.25, -0.2) is 4.39 Å². The number of anilines is 1. The summed E-state index contributed by atoms with van der Waals surface area (Å²) in [4.78, 5) is 43.4. The maximum Gasteiger partial charge on any atom is 0.256 e. The van der Waals surface area contributed by atoms with Gasteiger partial charge in [0.2, 0.25) is 11.8 Å². The first kappa shape index (κ1) is 24.2. The lowest BCUT2D eigenvalue weighted by molar-refractivity contribution is -0.135. The molecule has 0 aromatic heterocycles. The van der Waals surface area contributed by atoms with Crippen LogP contribution in [-0.4, -0.2) is 78.2 Å². The number of nitrogens with one attached hydrogen (secondary N) is 1. The van der Waals surface area contributed by atoms with E-state index in [0.29, 0.717) is 57.1 Å². The molecule has 0 aliphatic carbocycles.